The lowest BCUT2D eigenvalue weighted by Gasteiger charge is -2.38. The van der Waals surface area contributed by atoms with Crippen LogP contribution in [-0.2, 0) is 29.7 Å². The van der Waals surface area contributed by atoms with Crippen LogP contribution in [0.2, 0.25) is 0 Å². The fourth-order valence-corrected chi connectivity index (χ4v) is 10.2. The van der Waals surface area contributed by atoms with Crippen molar-refractivity contribution < 1.29 is 34.5 Å². The van der Waals surface area contributed by atoms with Gasteiger partial charge in [0.15, 0.2) is 24.0 Å². The second-order valence-corrected chi connectivity index (χ2v) is 19.8. The lowest BCUT2D eigenvalue weighted by Crippen LogP contribution is -2.39. The fraction of sp³-hybridized carbons (Fsp3) is 0.561. The highest BCUT2D eigenvalue weighted by Crippen LogP contribution is 2.51. The Morgan fingerprint density at radius 2 is 1.83 bits per heavy atom. The Morgan fingerprint density at radius 1 is 1.14 bits per heavy atom. The monoisotopic (exact) mass is 863 g/mol. The summed E-state index contributed by atoms with van der Waals surface area (Å²) >= 11 is 0. The summed E-state index contributed by atoms with van der Waals surface area (Å²) in [6, 6.07) is 16.1. The number of methoxy groups -OCH3 is 1. The number of fused-ring (bicyclic) bond motifs is 1. The lowest BCUT2D eigenvalue weighted by atomic mass is 10.0. The molecule has 2 aromatic carbocycles. The van der Waals surface area contributed by atoms with Crippen molar-refractivity contribution in [3.63, 3.8) is 0 Å². The van der Waals surface area contributed by atoms with Gasteiger partial charge in [0.1, 0.15) is 18.0 Å². The van der Waals surface area contributed by atoms with Gasteiger partial charge < -0.3 is 28.4 Å². The molecule has 320 valence electrons. The van der Waals surface area contributed by atoms with Crippen LogP contribution in [0.25, 0.3) is 11.2 Å². The molecule has 3 N–H and O–H groups in total. The molecule has 3 heterocycles. The molecule has 0 saturated carbocycles. The summed E-state index contributed by atoms with van der Waals surface area (Å²) in [5, 5.41) is 6.12. The summed E-state index contributed by atoms with van der Waals surface area (Å²) in [5.74, 6) is 0.332. The van der Waals surface area contributed by atoms with Gasteiger partial charge in [0, 0.05) is 37.3 Å². The summed E-state index contributed by atoms with van der Waals surface area (Å²) in [7, 11) is 4.82. The maximum Gasteiger partial charge on any atom is 0.280 e. The largest absolute Gasteiger partial charge is 0.484 e. The molecule has 1 saturated heterocycles. The molecule has 58 heavy (non-hydrogen) atoms. The van der Waals surface area contributed by atoms with E-state index in [0.717, 1.165) is 5.56 Å². The van der Waals surface area contributed by atoms with Crippen molar-refractivity contribution in [3.05, 3.63) is 76.3 Å². The third-order valence-electron chi connectivity index (χ3n) is 8.82. The van der Waals surface area contributed by atoms with Gasteiger partial charge in [-0.25, -0.2) is 9.65 Å². The number of hydrogen-bond donors (Lipinski definition) is 3. The number of carbonyl (C=O) groups is 1. The molecule has 2 aromatic heterocycles. The summed E-state index contributed by atoms with van der Waals surface area (Å²) in [6.45, 7) is 19.3. The smallest absolute Gasteiger partial charge is 0.280 e. The molecule has 0 bridgehead atoms. The van der Waals surface area contributed by atoms with Gasteiger partial charge in [-0.15, -0.1) is 0 Å². The summed E-state index contributed by atoms with van der Waals surface area (Å²) in [4.78, 5) is 38.7. The average Bonchev–Trinajstić information content (AvgIpc) is 3.77. The van der Waals surface area contributed by atoms with Gasteiger partial charge in [-0.2, -0.15) is 4.98 Å². The number of nitrogens with zero attached hydrogens (tertiary/aromatic N) is 4. The van der Waals surface area contributed by atoms with E-state index in [-0.39, 0.29) is 47.4 Å². The number of ether oxygens (including phenoxy) is 3. The maximum absolute atomic E-state index is 13.2. The zero-order valence-corrected chi connectivity index (χ0v) is 37.9. The van der Waals surface area contributed by atoms with Crippen molar-refractivity contribution in [2.45, 2.75) is 128 Å². The minimum atomic E-state index is -1.64. The third-order valence-corrected chi connectivity index (χ3v) is 14.4. The quantitative estimate of drug-likeness (QED) is 0.0647. The number of carbonyl (C=O) groups excluding carboxylic acids is 1. The first kappa shape index (κ1) is 44.5. The van der Waals surface area contributed by atoms with Gasteiger partial charge >= 0.3 is 0 Å². The van der Waals surface area contributed by atoms with Crippen LogP contribution in [0.5, 0.6) is 5.75 Å². The SMILES string of the molecule is [2H]CC1OC(n2cnc3c(=O)[nH]c(NC(=O)COc4ccc(C(C)C)cc4)nc32)C(OC)C1OP(OCCc1ccccc1SSC(C)(C)C)N(C(C)C)C(C)C.[3H]OC. The highest BCUT2D eigenvalue weighted by molar-refractivity contribution is 8.77. The van der Waals surface area contributed by atoms with E-state index in [1.54, 1.807) is 22.5 Å². The molecule has 17 heteroatoms. The number of aliphatic hydroxyl groups excluding tert-OH is 1. The number of H-pyrrole nitrogens is 1. The van der Waals surface area contributed by atoms with Crippen LogP contribution in [-0.4, -0.2) is 99.2 Å². The zero-order chi connectivity index (χ0) is 44.1. The van der Waals surface area contributed by atoms with E-state index in [9.17, 15) is 9.59 Å². The maximum atomic E-state index is 13.2. The number of benzene rings is 2. The molecule has 5 atom stereocenters. The van der Waals surface area contributed by atoms with E-state index in [1.165, 1.54) is 23.9 Å². The highest BCUT2D eigenvalue weighted by Gasteiger charge is 2.48. The minimum Gasteiger partial charge on any atom is -0.484 e. The van der Waals surface area contributed by atoms with E-state index in [0.29, 0.717) is 24.7 Å². The Balaban J connectivity index is 0.00000257. The molecular formula is C41H61N6O8PS2. The first-order valence-corrected chi connectivity index (χ1v) is 22.6. The summed E-state index contributed by atoms with van der Waals surface area (Å²) in [6.07, 6.45) is -0.857. The number of anilines is 1. The number of imidazole rings is 1. The molecule has 14 nitrogen and oxygen atoms in total. The normalized spacial score (nSPS) is 19.4. The second-order valence-electron chi connectivity index (χ2n) is 15.4. The molecule has 4 aromatic rings. The number of rotatable bonds is 18. The first-order valence-electron chi connectivity index (χ1n) is 20.4. The standard InChI is InChI=1S/C40H57N6O7PS2.CH4O/c1-24(2)28-16-18-30(19-17-28)50-22-32(47)42-39-43-36-33(37(48)44-39)41-23-45(36)38-35(49-11)34(27(7)52-38)53-54(46(25(3)4)26(5)6)51-21-20-29-14-12-13-15-31(29)55-56-40(8,9)10;1-2/h12-19,23-27,34-35,38H,20-22H2,1-11H3,(H2,42,43,44,47,48);2H,1H3/i7D;2T. The molecule has 0 spiro atoms. The van der Waals surface area contributed by atoms with Crippen molar-refractivity contribution in [3.8, 4) is 5.75 Å². The van der Waals surface area contributed by atoms with Crippen molar-refractivity contribution in [2.75, 3.05) is 32.8 Å². The van der Waals surface area contributed by atoms with E-state index in [2.05, 4.69) is 117 Å². The number of aliphatic hydroxyl groups is 1. The molecule has 1 amide bonds. The lowest BCUT2D eigenvalue weighted by molar-refractivity contribution is -0.118. The van der Waals surface area contributed by atoms with Gasteiger partial charge in [-0.05, 0) is 76.3 Å². The molecular weight excluding hydrogens is 800 g/mol. The average molecular weight is 864 g/mol. The van der Waals surface area contributed by atoms with Crippen molar-refractivity contribution >= 4 is 53.1 Å². The first-order chi connectivity index (χ1) is 28.5. The van der Waals surface area contributed by atoms with Gasteiger partial charge in [0.2, 0.25) is 7.38 Å². The van der Waals surface area contributed by atoms with Crippen LogP contribution in [0.1, 0.15) is 93.9 Å². The van der Waals surface area contributed by atoms with Crippen molar-refractivity contribution in [2.24, 2.45) is 0 Å². The Kier molecular flexibility index (Phi) is 16.9. The topological polar surface area (TPSA) is 162 Å². The van der Waals surface area contributed by atoms with Gasteiger partial charge in [-0.1, -0.05) is 86.5 Å². The molecule has 0 radical (unpaired) electrons. The zero-order valence-electron chi connectivity index (χ0n) is 37.4. The van der Waals surface area contributed by atoms with Crippen LogP contribution in [0, 0.1) is 0 Å². The van der Waals surface area contributed by atoms with E-state index in [1.807, 2.05) is 35.1 Å². The summed E-state index contributed by atoms with van der Waals surface area (Å²) < 4.78 is 49.8. The Labute approximate surface area is 354 Å². The van der Waals surface area contributed by atoms with E-state index < -0.39 is 44.5 Å². The van der Waals surface area contributed by atoms with Crippen LogP contribution in [0.15, 0.2) is 64.5 Å². The van der Waals surface area contributed by atoms with Gasteiger partial charge in [0.05, 0.1) is 19.0 Å². The van der Waals surface area contributed by atoms with Gasteiger partial charge in [-0.3, -0.25) is 24.5 Å². The summed E-state index contributed by atoms with van der Waals surface area (Å²) in [5.41, 5.74) is 2.03. The van der Waals surface area contributed by atoms with Crippen LogP contribution in [0.3, 0.4) is 0 Å². The molecule has 5 unspecified atom stereocenters. The predicted molar refractivity (Wildman–Crippen MR) is 235 cm³/mol. The molecule has 0 aliphatic carbocycles. The third kappa shape index (κ3) is 12.7. The molecule has 5 rings (SSSR count). The minimum absolute atomic E-state index is 0.0513. The second kappa shape index (κ2) is 22.0. The number of nitrogens with one attached hydrogen (secondary N) is 2. The number of aromatic amines is 1. The Bertz CT molecular complexity index is 1990. The number of hydrogen-bond acceptors (Lipinski definition) is 13. The van der Waals surface area contributed by atoms with Crippen LogP contribution in [0.4, 0.5) is 5.95 Å². The predicted octanol–water partition coefficient (Wildman–Crippen LogP) is 8.33. The Hall–Kier alpha value is -3.05. The van der Waals surface area contributed by atoms with Crippen molar-refractivity contribution in [1.82, 2.24) is 24.2 Å². The van der Waals surface area contributed by atoms with E-state index >= 15 is 0 Å². The van der Waals surface area contributed by atoms with Crippen LogP contribution < -0.4 is 15.6 Å². The molecule has 1 aliphatic rings. The van der Waals surface area contributed by atoms with E-state index in [4.69, 9.17) is 26.1 Å². The molecule has 1 aliphatic heterocycles. The van der Waals surface area contributed by atoms with Crippen molar-refractivity contribution in [1.29, 1.82) is 1.43 Å². The van der Waals surface area contributed by atoms with Gasteiger partial charge in [0.25, 0.3) is 20.0 Å². The number of amides is 1. The molecule has 1 fully saturated rings. The van der Waals surface area contributed by atoms with Crippen LogP contribution >= 0.6 is 30.1 Å². The fourth-order valence-electron chi connectivity index (χ4n) is 6.17. The Morgan fingerprint density at radius 3 is 2.45 bits per heavy atom. The highest BCUT2D eigenvalue weighted by atomic mass is 33.1. The number of aromatic nitrogens is 4.